The zero-order chi connectivity index (χ0) is 15.8. The average molecular weight is 305 g/mol. The number of pyridine rings is 1. The predicted molar refractivity (Wildman–Crippen MR) is 96.6 cm³/mol. The topological polar surface area (TPSA) is 57.7 Å². The highest BCUT2D eigenvalue weighted by molar-refractivity contribution is 6.13. The summed E-state index contributed by atoms with van der Waals surface area (Å²) in [6.45, 7) is 1.57. The minimum absolute atomic E-state index is 0.696. The Labute approximate surface area is 134 Å². The fraction of sp³-hybridized carbons (Fsp3) is 0.211. The lowest BCUT2D eigenvalue weighted by molar-refractivity contribution is -0.616. The molecule has 2 aromatic heterocycles. The quantitative estimate of drug-likeness (QED) is 0.401. The molecule has 4 aromatic rings. The number of hydrogen-bond donors (Lipinski definition) is 3. The fourth-order valence-corrected chi connectivity index (χ4v) is 3.39. The Morgan fingerprint density at radius 2 is 1.78 bits per heavy atom. The molecule has 0 saturated heterocycles. The normalized spacial score (nSPS) is 11.6. The highest BCUT2D eigenvalue weighted by atomic mass is 15.0. The van der Waals surface area contributed by atoms with Crippen molar-refractivity contribution in [3.63, 3.8) is 0 Å². The van der Waals surface area contributed by atoms with E-state index < -0.39 is 0 Å². The molecule has 0 bridgehead atoms. The minimum atomic E-state index is 0.696. The molecule has 0 radical (unpaired) electrons. The number of benzene rings is 2. The number of fused-ring (bicyclic) bond motifs is 4. The van der Waals surface area contributed by atoms with Gasteiger partial charge in [0.15, 0.2) is 0 Å². The molecule has 4 nitrogen and oxygen atoms in total. The first kappa shape index (κ1) is 14.0. The molecule has 23 heavy (non-hydrogen) atoms. The van der Waals surface area contributed by atoms with Gasteiger partial charge in [-0.3, -0.25) is 0 Å². The van der Waals surface area contributed by atoms with E-state index in [1.54, 1.807) is 0 Å². The van der Waals surface area contributed by atoms with E-state index in [9.17, 15) is 0 Å². The Bertz CT molecular complexity index is 1000. The van der Waals surface area contributed by atoms with Crippen LogP contribution >= 0.6 is 0 Å². The maximum Gasteiger partial charge on any atom is 0.240 e. The van der Waals surface area contributed by atoms with Gasteiger partial charge in [-0.05, 0) is 31.2 Å². The molecule has 4 N–H and O–H groups in total. The van der Waals surface area contributed by atoms with Gasteiger partial charge in [-0.1, -0.05) is 24.3 Å². The summed E-state index contributed by atoms with van der Waals surface area (Å²) in [6, 6.07) is 17.0. The van der Waals surface area contributed by atoms with Crippen LogP contribution < -0.4 is 15.6 Å². The summed E-state index contributed by atoms with van der Waals surface area (Å²) in [4.78, 5) is 3.59. The van der Waals surface area contributed by atoms with Crippen LogP contribution in [0.2, 0.25) is 0 Å². The number of aryl methyl sites for hydroxylation is 1. The molecule has 4 rings (SSSR count). The summed E-state index contributed by atoms with van der Waals surface area (Å²) >= 11 is 0. The van der Waals surface area contributed by atoms with Crippen molar-refractivity contribution >= 4 is 38.5 Å². The van der Waals surface area contributed by atoms with Crippen LogP contribution in [0, 0.1) is 0 Å². The third-order valence-electron chi connectivity index (χ3n) is 4.48. The largest absolute Gasteiger partial charge is 0.382 e. The summed E-state index contributed by atoms with van der Waals surface area (Å²) in [5, 5.41) is 6.07. The SMILES string of the molecule is C[n+]1c2ccccc2c(NCCCN)c2[nH]c3ccccc3c21. The first-order valence-corrected chi connectivity index (χ1v) is 8.06. The maximum atomic E-state index is 5.65. The number of aromatic nitrogens is 2. The second-order valence-corrected chi connectivity index (χ2v) is 5.91. The molecule has 0 amide bonds. The average Bonchev–Trinajstić information content (AvgIpc) is 2.97. The van der Waals surface area contributed by atoms with E-state index in [-0.39, 0.29) is 0 Å². The van der Waals surface area contributed by atoms with Crippen LogP contribution in [-0.4, -0.2) is 18.1 Å². The summed E-state index contributed by atoms with van der Waals surface area (Å²) in [6.07, 6.45) is 0.955. The third-order valence-corrected chi connectivity index (χ3v) is 4.48. The Kier molecular flexibility index (Phi) is 3.39. The number of para-hydroxylation sites is 2. The number of nitrogens with zero attached hydrogens (tertiary/aromatic N) is 1. The molecule has 116 valence electrons. The first-order chi connectivity index (χ1) is 11.3. The van der Waals surface area contributed by atoms with Crippen molar-refractivity contribution in [3.8, 4) is 0 Å². The van der Waals surface area contributed by atoms with Crippen LogP contribution in [0.3, 0.4) is 0 Å². The molecule has 0 atom stereocenters. The zero-order valence-corrected chi connectivity index (χ0v) is 13.3. The molecule has 0 aliphatic carbocycles. The summed E-state index contributed by atoms with van der Waals surface area (Å²) < 4.78 is 2.28. The molecule has 2 heterocycles. The Morgan fingerprint density at radius 3 is 2.61 bits per heavy atom. The van der Waals surface area contributed by atoms with Crippen LogP contribution in [-0.2, 0) is 7.05 Å². The molecule has 0 aliphatic rings. The molecular weight excluding hydrogens is 284 g/mol. The van der Waals surface area contributed by atoms with Crippen LogP contribution in [0.25, 0.3) is 32.8 Å². The van der Waals surface area contributed by atoms with Crippen molar-refractivity contribution in [1.29, 1.82) is 0 Å². The van der Waals surface area contributed by atoms with E-state index in [0.717, 1.165) is 24.0 Å². The van der Waals surface area contributed by atoms with Gasteiger partial charge in [0.1, 0.15) is 12.6 Å². The highest BCUT2D eigenvalue weighted by Crippen LogP contribution is 2.33. The Balaban J connectivity index is 2.11. The van der Waals surface area contributed by atoms with E-state index in [0.29, 0.717) is 6.54 Å². The van der Waals surface area contributed by atoms with Gasteiger partial charge in [-0.15, -0.1) is 0 Å². The summed E-state index contributed by atoms with van der Waals surface area (Å²) in [5.41, 5.74) is 11.6. The number of anilines is 1. The van der Waals surface area contributed by atoms with E-state index in [2.05, 4.69) is 70.4 Å². The Morgan fingerprint density at radius 1 is 1.04 bits per heavy atom. The lowest BCUT2D eigenvalue weighted by Crippen LogP contribution is -2.30. The van der Waals surface area contributed by atoms with Gasteiger partial charge in [-0.2, -0.15) is 4.57 Å². The van der Waals surface area contributed by atoms with Gasteiger partial charge in [0.2, 0.25) is 11.0 Å². The van der Waals surface area contributed by atoms with Crippen molar-refractivity contribution in [2.24, 2.45) is 12.8 Å². The molecule has 0 saturated carbocycles. The highest BCUT2D eigenvalue weighted by Gasteiger charge is 2.21. The molecule has 0 spiro atoms. The number of nitrogens with one attached hydrogen (secondary N) is 2. The molecule has 2 aromatic carbocycles. The smallest absolute Gasteiger partial charge is 0.240 e. The zero-order valence-electron chi connectivity index (χ0n) is 13.3. The number of hydrogen-bond acceptors (Lipinski definition) is 2. The van der Waals surface area contributed by atoms with Gasteiger partial charge >= 0.3 is 0 Å². The maximum absolute atomic E-state index is 5.65. The molecular formula is C19H21N4+. The van der Waals surface area contributed by atoms with Crippen molar-refractivity contribution in [3.05, 3.63) is 48.5 Å². The monoisotopic (exact) mass is 305 g/mol. The molecule has 4 heteroatoms. The van der Waals surface area contributed by atoms with Crippen molar-refractivity contribution < 1.29 is 4.57 Å². The van der Waals surface area contributed by atoms with Crippen LogP contribution in [0.5, 0.6) is 0 Å². The predicted octanol–water partition coefficient (Wildman–Crippen LogP) is 3.06. The first-order valence-electron chi connectivity index (χ1n) is 8.06. The van der Waals surface area contributed by atoms with Gasteiger partial charge in [0, 0.05) is 12.6 Å². The van der Waals surface area contributed by atoms with Gasteiger partial charge in [0.25, 0.3) is 0 Å². The fourth-order valence-electron chi connectivity index (χ4n) is 3.39. The van der Waals surface area contributed by atoms with Crippen LogP contribution in [0.4, 0.5) is 5.69 Å². The number of H-pyrrole nitrogens is 1. The van der Waals surface area contributed by atoms with Crippen molar-refractivity contribution in [2.45, 2.75) is 6.42 Å². The van der Waals surface area contributed by atoms with Crippen molar-refractivity contribution in [1.82, 2.24) is 4.98 Å². The third kappa shape index (κ3) is 2.14. The second kappa shape index (κ2) is 5.56. The number of nitrogens with two attached hydrogens (primary N) is 1. The van der Waals surface area contributed by atoms with Crippen LogP contribution in [0.15, 0.2) is 48.5 Å². The van der Waals surface area contributed by atoms with E-state index in [1.807, 2.05) is 0 Å². The summed E-state index contributed by atoms with van der Waals surface area (Å²) in [5.74, 6) is 0. The molecule has 0 unspecified atom stereocenters. The second-order valence-electron chi connectivity index (χ2n) is 5.91. The van der Waals surface area contributed by atoms with Crippen LogP contribution in [0.1, 0.15) is 6.42 Å². The van der Waals surface area contributed by atoms with E-state index in [1.165, 1.54) is 27.5 Å². The lowest BCUT2D eigenvalue weighted by Gasteiger charge is -2.10. The van der Waals surface area contributed by atoms with E-state index in [4.69, 9.17) is 5.73 Å². The minimum Gasteiger partial charge on any atom is -0.382 e. The summed E-state index contributed by atoms with van der Waals surface area (Å²) in [7, 11) is 2.13. The number of rotatable bonds is 4. The molecule has 0 aliphatic heterocycles. The standard InChI is InChI=1S/C19H20N4/c1-23-16-10-5-3-8-14(16)17(21-12-6-11-20)18-19(23)13-7-2-4-9-15(13)22-18/h2-5,7-10H,6,11-12,20H2,1H3,(H,21,22)/p+1. The van der Waals surface area contributed by atoms with Crippen molar-refractivity contribution in [2.75, 3.05) is 18.4 Å². The van der Waals surface area contributed by atoms with Gasteiger partial charge < -0.3 is 16.0 Å². The van der Waals surface area contributed by atoms with Gasteiger partial charge in [-0.25, -0.2) is 0 Å². The van der Waals surface area contributed by atoms with Gasteiger partial charge in [0.05, 0.1) is 22.0 Å². The van der Waals surface area contributed by atoms with E-state index >= 15 is 0 Å². The molecule has 0 fully saturated rings. The number of aromatic amines is 1. The Hall–Kier alpha value is -2.59. The lowest BCUT2D eigenvalue weighted by atomic mass is 10.1.